The maximum absolute atomic E-state index is 13.7. The van der Waals surface area contributed by atoms with Crippen LogP contribution >= 0.6 is 0 Å². The van der Waals surface area contributed by atoms with E-state index in [-0.39, 0.29) is 11.5 Å². The van der Waals surface area contributed by atoms with Gasteiger partial charge in [0.1, 0.15) is 5.82 Å². The minimum Gasteiger partial charge on any atom is -0.396 e. The van der Waals surface area contributed by atoms with Gasteiger partial charge in [0, 0.05) is 5.56 Å². The van der Waals surface area contributed by atoms with E-state index in [0.29, 0.717) is 11.8 Å². The van der Waals surface area contributed by atoms with E-state index in [2.05, 4.69) is 45.9 Å². The normalized spacial score (nSPS) is 11.3. The van der Waals surface area contributed by atoms with Crippen molar-refractivity contribution in [1.29, 1.82) is 0 Å². The molecule has 20 heavy (non-hydrogen) atoms. The lowest BCUT2D eigenvalue weighted by molar-refractivity contribution is 0.633. The molecule has 0 aliphatic carbocycles. The van der Waals surface area contributed by atoms with Gasteiger partial charge in [-0.25, -0.2) is 4.39 Å². The molecule has 2 N–H and O–H groups in total. The van der Waals surface area contributed by atoms with Crippen LogP contribution in [0, 0.1) is 5.82 Å². The standard InChI is InChI=1S/C18H22FN/c1-11(2)13-8-9-14(16(10-13)12(3)4)15-6-5-7-17(19)18(15)20/h5-12H,20H2,1-4H3. The topological polar surface area (TPSA) is 26.0 Å². The molecule has 0 saturated carbocycles. The van der Waals surface area contributed by atoms with Crippen molar-refractivity contribution in [2.45, 2.75) is 39.5 Å². The molecule has 0 aromatic heterocycles. The minimum absolute atomic E-state index is 0.228. The number of nitrogen functional groups attached to an aromatic ring is 1. The van der Waals surface area contributed by atoms with Crippen LogP contribution < -0.4 is 5.73 Å². The molecule has 0 fully saturated rings. The van der Waals surface area contributed by atoms with Gasteiger partial charge in [-0.1, -0.05) is 58.0 Å². The van der Waals surface area contributed by atoms with Crippen molar-refractivity contribution < 1.29 is 4.39 Å². The summed E-state index contributed by atoms with van der Waals surface area (Å²) in [6.45, 7) is 8.65. The van der Waals surface area contributed by atoms with Gasteiger partial charge in [-0.2, -0.15) is 0 Å². The number of anilines is 1. The Morgan fingerprint density at radius 2 is 1.60 bits per heavy atom. The first-order chi connectivity index (χ1) is 9.41. The summed E-state index contributed by atoms with van der Waals surface area (Å²) in [5, 5.41) is 0. The van der Waals surface area contributed by atoms with E-state index in [9.17, 15) is 4.39 Å². The number of benzene rings is 2. The van der Waals surface area contributed by atoms with Gasteiger partial charge in [-0.3, -0.25) is 0 Å². The Hall–Kier alpha value is -1.83. The van der Waals surface area contributed by atoms with E-state index in [1.165, 1.54) is 17.2 Å². The molecular weight excluding hydrogens is 249 g/mol. The second-order valence-electron chi connectivity index (χ2n) is 5.86. The van der Waals surface area contributed by atoms with Gasteiger partial charge in [0.25, 0.3) is 0 Å². The van der Waals surface area contributed by atoms with Crippen molar-refractivity contribution >= 4 is 5.69 Å². The Kier molecular flexibility index (Phi) is 4.12. The Labute approximate surface area is 120 Å². The molecule has 0 bridgehead atoms. The molecule has 0 amide bonds. The average molecular weight is 271 g/mol. The van der Waals surface area contributed by atoms with E-state index >= 15 is 0 Å². The average Bonchev–Trinajstić information content (AvgIpc) is 2.41. The predicted molar refractivity (Wildman–Crippen MR) is 84.4 cm³/mol. The maximum atomic E-state index is 13.7. The lowest BCUT2D eigenvalue weighted by Gasteiger charge is -2.18. The zero-order valence-corrected chi connectivity index (χ0v) is 12.6. The fourth-order valence-electron chi connectivity index (χ4n) is 2.44. The molecule has 0 unspecified atom stereocenters. The van der Waals surface area contributed by atoms with Crippen LogP contribution in [0.15, 0.2) is 36.4 Å². The molecule has 2 rings (SSSR count). The van der Waals surface area contributed by atoms with Crippen molar-refractivity contribution in [2.75, 3.05) is 5.73 Å². The molecule has 2 heteroatoms. The predicted octanol–water partition coefficient (Wildman–Crippen LogP) is 5.32. The van der Waals surface area contributed by atoms with E-state index < -0.39 is 0 Å². The van der Waals surface area contributed by atoms with Crippen molar-refractivity contribution in [3.63, 3.8) is 0 Å². The van der Waals surface area contributed by atoms with Gasteiger partial charge >= 0.3 is 0 Å². The third kappa shape index (κ3) is 2.69. The Balaban J connectivity index is 2.64. The van der Waals surface area contributed by atoms with Crippen LogP contribution in [0.1, 0.15) is 50.7 Å². The highest BCUT2D eigenvalue weighted by Crippen LogP contribution is 2.35. The molecule has 0 saturated heterocycles. The molecule has 106 valence electrons. The molecule has 2 aromatic carbocycles. The molecule has 1 nitrogen and oxygen atoms in total. The quantitative estimate of drug-likeness (QED) is 0.751. The number of nitrogens with two attached hydrogens (primary N) is 1. The highest BCUT2D eigenvalue weighted by Gasteiger charge is 2.14. The van der Waals surface area contributed by atoms with Crippen molar-refractivity contribution in [1.82, 2.24) is 0 Å². The number of hydrogen-bond donors (Lipinski definition) is 1. The molecule has 0 atom stereocenters. The first-order valence-corrected chi connectivity index (χ1v) is 7.10. The van der Waals surface area contributed by atoms with E-state index in [1.54, 1.807) is 6.07 Å². The Morgan fingerprint density at radius 3 is 2.20 bits per heavy atom. The largest absolute Gasteiger partial charge is 0.396 e. The fourth-order valence-corrected chi connectivity index (χ4v) is 2.44. The summed E-state index contributed by atoms with van der Waals surface area (Å²) < 4.78 is 13.7. The van der Waals surface area contributed by atoms with E-state index in [0.717, 1.165) is 11.1 Å². The SMILES string of the molecule is CC(C)c1ccc(-c2cccc(F)c2N)c(C(C)C)c1. The third-order valence-corrected chi connectivity index (χ3v) is 3.71. The fraction of sp³-hybridized carbons (Fsp3) is 0.333. The number of rotatable bonds is 3. The van der Waals surface area contributed by atoms with Gasteiger partial charge in [0.2, 0.25) is 0 Å². The summed E-state index contributed by atoms with van der Waals surface area (Å²) in [6, 6.07) is 11.4. The lowest BCUT2D eigenvalue weighted by atomic mass is 9.88. The Bertz CT molecular complexity index is 615. The van der Waals surface area contributed by atoms with Crippen molar-refractivity contribution in [3.8, 4) is 11.1 Å². The third-order valence-electron chi connectivity index (χ3n) is 3.71. The van der Waals surface area contributed by atoms with Gasteiger partial charge in [0.15, 0.2) is 0 Å². The van der Waals surface area contributed by atoms with Crippen LogP contribution in [0.5, 0.6) is 0 Å². The van der Waals surface area contributed by atoms with Gasteiger partial charge in [-0.15, -0.1) is 0 Å². The smallest absolute Gasteiger partial charge is 0.146 e. The highest BCUT2D eigenvalue weighted by atomic mass is 19.1. The van der Waals surface area contributed by atoms with Crippen LogP contribution in [0.2, 0.25) is 0 Å². The zero-order chi connectivity index (χ0) is 14.9. The summed E-state index contributed by atoms with van der Waals surface area (Å²) in [7, 11) is 0. The van der Waals surface area contributed by atoms with E-state index in [1.807, 2.05) is 6.07 Å². The van der Waals surface area contributed by atoms with Crippen LogP contribution in [0.3, 0.4) is 0 Å². The number of halogens is 1. The van der Waals surface area contributed by atoms with Gasteiger partial charge < -0.3 is 5.73 Å². The van der Waals surface area contributed by atoms with Crippen LogP contribution in [0.25, 0.3) is 11.1 Å². The summed E-state index contributed by atoms with van der Waals surface area (Å²) in [6.07, 6.45) is 0. The molecule has 0 aliphatic rings. The first-order valence-electron chi connectivity index (χ1n) is 7.10. The molecule has 0 spiro atoms. The monoisotopic (exact) mass is 271 g/mol. The van der Waals surface area contributed by atoms with Gasteiger partial charge in [0.05, 0.1) is 5.69 Å². The van der Waals surface area contributed by atoms with Crippen LogP contribution in [-0.4, -0.2) is 0 Å². The van der Waals surface area contributed by atoms with Crippen molar-refractivity contribution in [3.05, 3.63) is 53.3 Å². The summed E-state index contributed by atoms with van der Waals surface area (Å²) in [5.41, 5.74) is 10.5. The second-order valence-corrected chi connectivity index (χ2v) is 5.86. The molecule has 0 aliphatic heterocycles. The summed E-state index contributed by atoms with van der Waals surface area (Å²) >= 11 is 0. The van der Waals surface area contributed by atoms with Gasteiger partial charge in [-0.05, 0) is 34.6 Å². The lowest BCUT2D eigenvalue weighted by Crippen LogP contribution is -2.00. The number of para-hydroxylation sites is 1. The molecular formula is C18H22FN. The highest BCUT2D eigenvalue weighted by molar-refractivity contribution is 5.79. The minimum atomic E-state index is -0.356. The zero-order valence-electron chi connectivity index (χ0n) is 12.6. The first kappa shape index (κ1) is 14.6. The van der Waals surface area contributed by atoms with Crippen LogP contribution in [0.4, 0.5) is 10.1 Å². The second kappa shape index (κ2) is 5.66. The Morgan fingerprint density at radius 1 is 0.900 bits per heavy atom. The van der Waals surface area contributed by atoms with E-state index in [4.69, 9.17) is 5.73 Å². The van der Waals surface area contributed by atoms with Crippen LogP contribution in [-0.2, 0) is 0 Å². The molecule has 2 aromatic rings. The van der Waals surface area contributed by atoms with Crippen molar-refractivity contribution in [2.24, 2.45) is 0 Å². The maximum Gasteiger partial charge on any atom is 0.146 e. The molecule has 0 radical (unpaired) electrons. The summed E-state index contributed by atoms with van der Waals surface area (Å²) in [5.74, 6) is 0.489. The molecule has 0 heterocycles. The number of hydrogen-bond acceptors (Lipinski definition) is 1. The summed E-state index contributed by atoms with van der Waals surface area (Å²) in [4.78, 5) is 0.